The molecule has 220 valence electrons. The average molecular weight is 585 g/mol. The van der Waals surface area contributed by atoms with Gasteiger partial charge in [0.2, 0.25) is 0 Å². The van der Waals surface area contributed by atoms with Crippen molar-refractivity contribution in [3.63, 3.8) is 0 Å². The van der Waals surface area contributed by atoms with Crippen molar-refractivity contribution in [1.82, 2.24) is 15.2 Å². The molecule has 2 aliphatic heterocycles. The third-order valence-corrected chi connectivity index (χ3v) is 8.69. The topological polar surface area (TPSA) is 94.7 Å². The Balaban J connectivity index is 1.21. The maximum atomic E-state index is 14.3. The van der Waals surface area contributed by atoms with E-state index in [0.717, 1.165) is 44.6 Å². The number of aryl methyl sites for hydroxylation is 1. The van der Waals surface area contributed by atoms with Crippen LogP contribution in [0.25, 0.3) is 10.9 Å². The monoisotopic (exact) mass is 584 g/mol. The molecule has 44 heavy (non-hydrogen) atoms. The summed E-state index contributed by atoms with van der Waals surface area (Å²) in [5, 5.41) is 4.01. The largest absolute Gasteiger partial charge is 0.497 e. The Labute approximate surface area is 255 Å². The molecule has 2 atom stereocenters. The number of nitrogens with zero attached hydrogens (tertiary/aromatic N) is 2. The van der Waals surface area contributed by atoms with Gasteiger partial charge in [-0.2, -0.15) is 0 Å². The minimum Gasteiger partial charge on any atom is -0.497 e. The van der Waals surface area contributed by atoms with Gasteiger partial charge in [-0.1, -0.05) is 72.3 Å². The summed E-state index contributed by atoms with van der Waals surface area (Å²) in [4.78, 5) is 48.4. The number of hydrogen-bond donors (Lipinski definition) is 2. The fourth-order valence-electron chi connectivity index (χ4n) is 6.46. The summed E-state index contributed by atoms with van der Waals surface area (Å²) in [7, 11) is 1.62. The van der Waals surface area contributed by atoms with E-state index >= 15 is 0 Å². The van der Waals surface area contributed by atoms with Crippen LogP contribution in [0, 0.1) is 6.92 Å². The number of fused-ring (bicyclic) bond motifs is 4. The van der Waals surface area contributed by atoms with E-state index in [1.54, 1.807) is 36.3 Å². The van der Waals surface area contributed by atoms with Gasteiger partial charge >= 0.3 is 6.03 Å². The number of para-hydroxylation sites is 2. The Bertz CT molecular complexity index is 1890. The number of H-pyrrole nitrogens is 1. The lowest BCUT2D eigenvalue weighted by atomic mass is 9.88. The maximum absolute atomic E-state index is 14.3. The molecule has 0 bridgehead atoms. The SMILES string of the molecule is COc1ccc(CCNC(=O)c2ccccc2N2C(=O)[C@@H]3Cc4c([nH]c5ccccc45)C(c4ccc(C)cc4)N3C2=O)cc1. The zero-order chi connectivity index (χ0) is 30.4. The van der Waals surface area contributed by atoms with Crippen LogP contribution in [0.1, 0.15) is 44.3 Å². The molecule has 3 heterocycles. The summed E-state index contributed by atoms with van der Waals surface area (Å²) in [5.74, 6) is 0.0976. The molecular formula is C36H32N4O4. The van der Waals surface area contributed by atoms with Gasteiger partial charge in [0.1, 0.15) is 17.8 Å². The third kappa shape index (κ3) is 4.59. The highest BCUT2D eigenvalue weighted by Crippen LogP contribution is 2.45. The number of benzene rings is 4. The molecule has 0 aliphatic carbocycles. The number of aromatic nitrogens is 1. The van der Waals surface area contributed by atoms with Crippen LogP contribution in [-0.4, -0.2) is 47.4 Å². The van der Waals surface area contributed by atoms with E-state index in [-0.39, 0.29) is 23.1 Å². The summed E-state index contributed by atoms with van der Waals surface area (Å²) < 4.78 is 5.22. The number of urea groups is 1. The summed E-state index contributed by atoms with van der Waals surface area (Å²) in [6.07, 6.45) is 1.01. The van der Waals surface area contributed by atoms with Gasteiger partial charge < -0.3 is 15.0 Å². The fourth-order valence-corrected chi connectivity index (χ4v) is 6.46. The normalized spacial score (nSPS) is 17.5. The number of hydrogen-bond acceptors (Lipinski definition) is 4. The van der Waals surface area contributed by atoms with Gasteiger partial charge in [-0.05, 0) is 60.4 Å². The number of amides is 4. The van der Waals surface area contributed by atoms with Crippen molar-refractivity contribution in [2.75, 3.05) is 18.6 Å². The lowest BCUT2D eigenvalue weighted by Crippen LogP contribution is -2.44. The molecular weight excluding hydrogens is 552 g/mol. The molecule has 0 saturated carbocycles. The van der Waals surface area contributed by atoms with Crippen LogP contribution in [-0.2, 0) is 17.6 Å². The number of rotatable bonds is 7. The number of carbonyl (C=O) groups is 3. The number of carbonyl (C=O) groups excluding carboxylic acids is 3. The Morgan fingerprint density at radius 3 is 2.43 bits per heavy atom. The minimum absolute atomic E-state index is 0.277. The predicted octanol–water partition coefficient (Wildman–Crippen LogP) is 5.94. The molecule has 5 aromatic rings. The second-order valence-corrected chi connectivity index (χ2v) is 11.3. The van der Waals surface area contributed by atoms with E-state index in [2.05, 4.69) is 16.4 Å². The molecule has 1 fully saturated rings. The van der Waals surface area contributed by atoms with Gasteiger partial charge in [0.25, 0.3) is 11.8 Å². The first-order valence-electron chi connectivity index (χ1n) is 14.8. The number of aromatic amines is 1. The van der Waals surface area contributed by atoms with Crippen LogP contribution < -0.4 is 15.0 Å². The first kappa shape index (κ1) is 27.5. The van der Waals surface area contributed by atoms with Crippen molar-refractivity contribution in [3.05, 3.63) is 131 Å². The summed E-state index contributed by atoms with van der Waals surface area (Å²) in [6, 6.07) is 29.0. The molecule has 0 radical (unpaired) electrons. The highest BCUT2D eigenvalue weighted by molar-refractivity contribution is 6.24. The Morgan fingerprint density at radius 1 is 0.932 bits per heavy atom. The first-order chi connectivity index (χ1) is 21.4. The Kier molecular flexibility index (Phi) is 6.89. The van der Waals surface area contributed by atoms with E-state index in [4.69, 9.17) is 4.74 Å². The van der Waals surface area contributed by atoms with Crippen molar-refractivity contribution in [1.29, 1.82) is 0 Å². The number of ether oxygens (including phenoxy) is 1. The predicted molar refractivity (Wildman–Crippen MR) is 169 cm³/mol. The highest BCUT2D eigenvalue weighted by atomic mass is 16.5. The molecule has 8 nitrogen and oxygen atoms in total. The van der Waals surface area contributed by atoms with Crippen molar-refractivity contribution in [2.24, 2.45) is 0 Å². The molecule has 0 spiro atoms. The molecule has 4 aromatic carbocycles. The van der Waals surface area contributed by atoms with Crippen LogP contribution in [0.15, 0.2) is 97.1 Å². The van der Waals surface area contributed by atoms with Crippen molar-refractivity contribution >= 4 is 34.4 Å². The van der Waals surface area contributed by atoms with Gasteiger partial charge in [-0.3, -0.25) is 14.5 Å². The highest BCUT2D eigenvalue weighted by Gasteiger charge is 2.53. The molecule has 1 unspecified atom stereocenters. The zero-order valence-electron chi connectivity index (χ0n) is 24.5. The van der Waals surface area contributed by atoms with E-state index in [9.17, 15) is 14.4 Å². The summed E-state index contributed by atoms with van der Waals surface area (Å²) in [5.41, 5.74) is 6.58. The quantitative estimate of drug-likeness (QED) is 0.232. The van der Waals surface area contributed by atoms with E-state index in [1.165, 1.54) is 4.90 Å². The van der Waals surface area contributed by atoms with Gasteiger partial charge in [-0.15, -0.1) is 0 Å². The molecule has 2 aliphatic rings. The summed E-state index contributed by atoms with van der Waals surface area (Å²) in [6.45, 7) is 2.42. The first-order valence-corrected chi connectivity index (χ1v) is 14.8. The Morgan fingerprint density at radius 2 is 1.66 bits per heavy atom. The summed E-state index contributed by atoms with van der Waals surface area (Å²) >= 11 is 0. The molecule has 2 N–H and O–H groups in total. The van der Waals surface area contributed by atoms with E-state index in [1.807, 2.05) is 73.7 Å². The van der Waals surface area contributed by atoms with Gasteiger partial charge in [0.05, 0.1) is 18.4 Å². The number of anilines is 1. The second kappa shape index (κ2) is 11.0. The number of methoxy groups -OCH3 is 1. The molecule has 1 aromatic heterocycles. The maximum Gasteiger partial charge on any atom is 0.332 e. The molecule has 1 saturated heterocycles. The van der Waals surface area contributed by atoms with Gasteiger partial charge in [0.15, 0.2) is 0 Å². The fraction of sp³-hybridized carbons (Fsp3) is 0.194. The second-order valence-electron chi connectivity index (χ2n) is 11.3. The standard InChI is InChI=1S/C36H32N4O4/c1-22-11-15-24(16-12-22)33-32-28(26-7-3-5-9-29(26)38-32)21-31-35(42)40(36(43)39(31)33)30-10-6-4-8-27(30)34(41)37-20-19-23-13-17-25(44-2)18-14-23/h3-18,31,33,38H,19-21H2,1-2H3,(H,37,41)/t31-,33?/m0/s1. The smallest absolute Gasteiger partial charge is 0.332 e. The minimum atomic E-state index is -0.702. The van der Waals surface area contributed by atoms with Crippen molar-refractivity contribution < 1.29 is 19.1 Å². The van der Waals surface area contributed by atoms with Crippen molar-refractivity contribution in [3.8, 4) is 5.75 Å². The lowest BCUT2D eigenvalue weighted by Gasteiger charge is -2.36. The number of nitrogens with one attached hydrogen (secondary N) is 2. The van der Waals surface area contributed by atoms with E-state index in [0.29, 0.717) is 19.4 Å². The van der Waals surface area contributed by atoms with Crippen LogP contribution >= 0.6 is 0 Å². The number of imide groups is 1. The Hall–Kier alpha value is -5.37. The molecule has 4 amide bonds. The van der Waals surface area contributed by atoms with E-state index < -0.39 is 18.1 Å². The van der Waals surface area contributed by atoms with Crippen LogP contribution in [0.5, 0.6) is 5.75 Å². The van der Waals surface area contributed by atoms with Gasteiger partial charge in [0, 0.05) is 29.6 Å². The zero-order valence-corrected chi connectivity index (χ0v) is 24.5. The molecule has 7 rings (SSSR count). The van der Waals surface area contributed by atoms with Crippen LogP contribution in [0.2, 0.25) is 0 Å². The van der Waals surface area contributed by atoms with Crippen LogP contribution in [0.3, 0.4) is 0 Å². The third-order valence-electron chi connectivity index (χ3n) is 8.69. The van der Waals surface area contributed by atoms with Gasteiger partial charge in [-0.25, -0.2) is 9.69 Å². The van der Waals surface area contributed by atoms with Crippen LogP contribution in [0.4, 0.5) is 10.5 Å². The van der Waals surface area contributed by atoms with Crippen molar-refractivity contribution in [2.45, 2.75) is 31.8 Å². The lowest BCUT2D eigenvalue weighted by molar-refractivity contribution is -0.120. The molecule has 8 heteroatoms. The average Bonchev–Trinajstić information content (AvgIpc) is 3.54.